The third-order valence-corrected chi connectivity index (χ3v) is 4.85. The van der Waals surface area contributed by atoms with Gasteiger partial charge in [-0.05, 0) is 54.0 Å². The number of nitrogens with one attached hydrogen (secondary N) is 1. The summed E-state index contributed by atoms with van der Waals surface area (Å²) in [5, 5.41) is 3.17. The van der Waals surface area contributed by atoms with Gasteiger partial charge in [-0.3, -0.25) is 4.79 Å². The molecule has 26 heavy (non-hydrogen) atoms. The number of carbonyl (C=O) groups excluding carboxylic acids is 1. The van der Waals surface area contributed by atoms with Crippen LogP contribution in [0.2, 0.25) is 0 Å². The van der Waals surface area contributed by atoms with Gasteiger partial charge in [0.2, 0.25) is 5.91 Å². The van der Waals surface area contributed by atoms with E-state index in [4.69, 9.17) is 4.74 Å². The van der Waals surface area contributed by atoms with Crippen molar-refractivity contribution in [1.82, 2.24) is 5.32 Å². The zero-order valence-corrected chi connectivity index (χ0v) is 16.6. The molecule has 0 radical (unpaired) electrons. The van der Waals surface area contributed by atoms with Crippen molar-refractivity contribution >= 4 is 5.91 Å². The molecule has 1 atom stereocenters. The van der Waals surface area contributed by atoms with Gasteiger partial charge in [0, 0.05) is 6.42 Å². The highest BCUT2D eigenvalue weighted by atomic mass is 16.5. The summed E-state index contributed by atoms with van der Waals surface area (Å²) in [5.41, 5.74) is 4.75. The van der Waals surface area contributed by atoms with Crippen molar-refractivity contribution in [2.75, 3.05) is 7.11 Å². The Hall–Kier alpha value is -2.29. The van der Waals surface area contributed by atoms with Crippen LogP contribution < -0.4 is 10.1 Å². The topological polar surface area (TPSA) is 38.3 Å². The molecule has 0 aliphatic carbocycles. The highest BCUT2D eigenvalue weighted by Gasteiger charge is 2.14. The van der Waals surface area contributed by atoms with Gasteiger partial charge in [0.15, 0.2) is 0 Å². The van der Waals surface area contributed by atoms with Gasteiger partial charge in [0.1, 0.15) is 5.75 Å². The highest BCUT2D eigenvalue weighted by Crippen LogP contribution is 2.24. The fourth-order valence-electron chi connectivity index (χ4n) is 3.13. The Balaban J connectivity index is 1.93. The van der Waals surface area contributed by atoms with Gasteiger partial charge in [-0.25, -0.2) is 0 Å². The van der Waals surface area contributed by atoms with Crippen LogP contribution in [0.3, 0.4) is 0 Å². The van der Waals surface area contributed by atoms with Gasteiger partial charge in [0.25, 0.3) is 0 Å². The zero-order valence-electron chi connectivity index (χ0n) is 16.6. The lowest BCUT2D eigenvalue weighted by Gasteiger charge is -2.19. The van der Waals surface area contributed by atoms with E-state index in [2.05, 4.69) is 56.4 Å². The average molecular weight is 354 g/mol. The second-order valence-electron chi connectivity index (χ2n) is 7.15. The molecule has 140 valence electrons. The van der Waals surface area contributed by atoms with Crippen molar-refractivity contribution in [2.24, 2.45) is 0 Å². The standard InChI is InChI=1S/C23H31NO2/c1-6-21(20-12-13-22(26-5)17(4)15-20)24-23(25)14-9-18-7-10-19(11-8-18)16(2)3/h7-8,10-13,15-16,21H,6,9,14H2,1-5H3,(H,24,25)/t21-/m1/s1. The molecule has 0 aliphatic heterocycles. The van der Waals surface area contributed by atoms with Crippen molar-refractivity contribution in [3.63, 3.8) is 0 Å². The maximum atomic E-state index is 12.4. The van der Waals surface area contributed by atoms with E-state index in [1.165, 1.54) is 11.1 Å². The molecule has 2 aromatic carbocycles. The number of methoxy groups -OCH3 is 1. The SMILES string of the molecule is CC[C@@H](NC(=O)CCc1ccc(C(C)C)cc1)c1ccc(OC)c(C)c1. The van der Waals surface area contributed by atoms with Crippen LogP contribution in [0.5, 0.6) is 5.75 Å². The molecule has 0 unspecified atom stereocenters. The lowest BCUT2D eigenvalue weighted by atomic mass is 9.99. The molecule has 1 amide bonds. The number of hydrogen-bond acceptors (Lipinski definition) is 2. The molecule has 0 aromatic heterocycles. The minimum absolute atomic E-state index is 0.0374. The van der Waals surface area contributed by atoms with Gasteiger partial charge in [0.05, 0.1) is 13.2 Å². The molecule has 0 saturated carbocycles. The minimum atomic E-state index is 0.0374. The monoisotopic (exact) mass is 353 g/mol. The molecule has 0 saturated heterocycles. The van der Waals surface area contributed by atoms with Crippen LogP contribution in [-0.2, 0) is 11.2 Å². The van der Waals surface area contributed by atoms with Crippen LogP contribution in [0.4, 0.5) is 0 Å². The first-order valence-electron chi connectivity index (χ1n) is 9.47. The van der Waals surface area contributed by atoms with Gasteiger partial charge >= 0.3 is 0 Å². The molecule has 3 nitrogen and oxygen atoms in total. The number of ether oxygens (including phenoxy) is 1. The summed E-state index contributed by atoms with van der Waals surface area (Å²) >= 11 is 0. The number of hydrogen-bond donors (Lipinski definition) is 1. The number of rotatable bonds is 8. The summed E-state index contributed by atoms with van der Waals surface area (Å²) in [5.74, 6) is 1.50. The van der Waals surface area contributed by atoms with Crippen LogP contribution in [0, 0.1) is 6.92 Å². The maximum absolute atomic E-state index is 12.4. The summed E-state index contributed by atoms with van der Waals surface area (Å²) in [7, 11) is 1.68. The van der Waals surface area contributed by atoms with Crippen molar-refractivity contribution in [3.05, 3.63) is 64.7 Å². The largest absolute Gasteiger partial charge is 0.496 e. The summed E-state index contributed by atoms with van der Waals surface area (Å²) in [6, 6.07) is 14.7. The molecule has 0 bridgehead atoms. The normalized spacial score (nSPS) is 12.1. The first kappa shape index (κ1) is 20.0. The van der Waals surface area contributed by atoms with Crippen molar-refractivity contribution in [1.29, 1.82) is 0 Å². The Bertz CT molecular complexity index is 719. The highest BCUT2D eigenvalue weighted by molar-refractivity contribution is 5.76. The molecule has 2 aromatic rings. The molecular formula is C23H31NO2. The lowest BCUT2D eigenvalue weighted by molar-refractivity contribution is -0.121. The predicted molar refractivity (Wildman–Crippen MR) is 108 cm³/mol. The molecule has 1 N–H and O–H groups in total. The van der Waals surface area contributed by atoms with Gasteiger partial charge in [-0.1, -0.05) is 57.2 Å². The van der Waals surface area contributed by atoms with Crippen molar-refractivity contribution in [2.45, 2.75) is 58.9 Å². The van der Waals surface area contributed by atoms with Crippen LogP contribution in [0.25, 0.3) is 0 Å². The molecular weight excluding hydrogens is 322 g/mol. The zero-order chi connectivity index (χ0) is 19.1. The lowest BCUT2D eigenvalue weighted by Crippen LogP contribution is -2.28. The molecule has 0 aliphatic rings. The average Bonchev–Trinajstić information content (AvgIpc) is 2.64. The van der Waals surface area contributed by atoms with E-state index in [1.54, 1.807) is 7.11 Å². The predicted octanol–water partition coefficient (Wildman–Crippen LogP) is 5.33. The summed E-state index contributed by atoms with van der Waals surface area (Å²) in [4.78, 5) is 12.4. The van der Waals surface area contributed by atoms with E-state index < -0.39 is 0 Å². The molecule has 0 fully saturated rings. The Labute approximate surface area is 157 Å². The Morgan fingerprint density at radius 1 is 1.08 bits per heavy atom. The van der Waals surface area contributed by atoms with Crippen molar-refractivity contribution < 1.29 is 9.53 Å². The fraction of sp³-hybridized carbons (Fsp3) is 0.435. The number of carbonyl (C=O) groups is 1. The fourth-order valence-corrected chi connectivity index (χ4v) is 3.13. The maximum Gasteiger partial charge on any atom is 0.220 e. The Morgan fingerprint density at radius 3 is 2.27 bits per heavy atom. The van der Waals surface area contributed by atoms with Crippen LogP contribution >= 0.6 is 0 Å². The summed E-state index contributed by atoms with van der Waals surface area (Å²) in [6.07, 6.45) is 2.13. The Morgan fingerprint density at radius 2 is 1.73 bits per heavy atom. The Kier molecular flexibility index (Phi) is 7.26. The molecule has 0 spiro atoms. The van der Waals surface area contributed by atoms with E-state index in [-0.39, 0.29) is 11.9 Å². The molecule has 2 rings (SSSR count). The third-order valence-electron chi connectivity index (χ3n) is 4.85. The first-order valence-corrected chi connectivity index (χ1v) is 9.47. The van der Waals surface area contributed by atoms with Crippen LogP contribution in [0.1, 0.15) is 67.8 Å². The summed E-state index contributed by atoms with van der Waals surface area (Å²) in [6.45, 7) is 8.50. The number of aryl methyl sites for hydroxylation is 2. The van der Waals surface area contributed by atoms with Crippen LogP contribution in [-0.4, -0.2) is 13.0 Å². The van der Waals surface area contributed by atoms with Crippen LogP contribution in [0.15, 0.2) is 42.5 Å². The number of amides is 1. The number of benzene rings is 2. The van der Waals surface area contributed by atoms with E-state index in [9.17, 15) is 4.79 Å². The molecule has 0 heterocycles. The minimum Gasteiger partial charge on any atom is -0.496 e. The smallest absolute Gasteiger partial charge is 0.220 e. The first-order chi connectivity index (χ1) is 12.4. The second-order valence-corrected chi connectivity index (χ2v) is 7.15. The third kappa shape index (κ3) is 5.35. The van der Waals surface area contributed by atoms with E-state index in [0.717, 1.165) is 29.7 Å². The van der Waals surface area contributed by atoms with Gasteiger partial charge in [-0.2, -0.15) is 0 Å². The van der Waals surface area contributed by atoms with Gasteiger partial charge in [-0.15, -0.1) is 0 Å². The van der Waals surface area contributed by atoms with E-state index in [1.807, 2.05) is 19.1 Å². The summed E-state index contributed by atoms with van der Waals surface area (Å²) < 4.78 is 5.32. The second kappa shape index (κ2) is 9.42. The quantitative estimate of drug-likeness (QED) is 0.697. The van der Waals surface area contributed by atoms with Gasteiger partial charge < -0.3 is 10.1 Å². The van der Waals surface area contributed by atoms with Crippen molar-refractivity contribution in [3.8, 4) is 5.75 Å². The van der Waals surface area contributed by atoms with E-state index in [0.29, 0.717) is 12.3 Å². The van der Waals surface area contributed by atoms with E-state index >= 15 is 0 Å². The molecule has 3 heteroatoms.